The predicted octanol–water partition coefficient (Wildman–Crippen LogP) is 1.41. The molecule has 1 aromatic carbocycles. The van der Waals surface area contributed by atoms with Gasteiger partial charge in [-0.05, 0) is 25.5 Å². The van der Waals surface area contributed by atoms with Crippen LogP contribution in [0.25, 0.3) is 0 Å². The molecule has 0 radical (unpaired) electrons. The molecule has 1 saturated heterocycles. The summed E-state index contributed by atoms with van der Waals surface area (Å²) in [5, 5.41) is 9.43. The van der Waals surface area contributed by atoms with E-state index in [0.29, 0.717) is 31.1 Å². The van der Waals surface area contributed by atoms with Crippen LogP contribution in [0.2, 0.25) is 0 Å². The Morgan fingerprint density at radius 3 is 2.50 bits per heavy atom. The molecule has 1 aliphatic heterocycles. The number of benzene rings is 1. The zero-order valence-electron chi connectivity index (χ0n) is 14.0. The topological polar surface area (TPSA) is 85.3 Å². The third-order valence-electron chi connectivity index (χ3n) is 4.08. The molecular formula is C17H23NO6. The fourth-order valence-corrected chi connectivity index (χ4v) is 2.79. The molecule has 2 rings (SSSR count). The maximum atomic E-state index is 12.3. The second-order valence-corrected chi connectivity index (χ2v) is 5.75. The highest BCUT2D eigenvalue weighted by Crippen LogP contribution is 2.32. The molecule has 0 saturated carbocycles. The minimum absolute atomic E-state index is 0.0835. The summed E-state index contributed by atoms with van der Waals surface area (Å²) in [5.74, 6) is -0.121. The molecule has 0 bridgehead atoms. The fourth-order valence-electron chi connectivity index (χ4n) is 2.79. The Balaban J connectivity index is 1.95. The quantitative estimate of drug-likeness (QED) is 0.772. The van der Waals surface area contributed by atoms with Gasteiger partial charge in [-0.2, -0.15) is 0 Å². The van der Waals surface area contributed by atoms with Crippen molar-refractivity contribution < 1.29 is 28.9 Å². The fraction of sp³-hybridized carbons (Fsp3) is 0.529. The smallest absolute Gasteiger partial charge is 0.313 e. The zero-order chi connectivity index (χ0) is 17.6. The Bertz CT molecular complexity index is 590. The number of hydrogen-bond donors (Lipinski definition) is 1. The summed E-state index contributed by atoms with van der Waals surface area (Å²) >= 11 is 0. The molecule has 7 nitrogen and oxygen atoms in total. The highest BCUT2D eigenvalue weighted by atomic mass is 16.5. The molecule has 1 amide bonds. The number of para-hydroxylation sites is 2. The van der Waals surface area contributed by atoms with Crippen molar-refractivity contribution in [1.29, 1.82) is 0 Å². The number of hydrogen-bond acceptors (Lipinski definition) is 5. The molecule has 1 fully saturated rings. The van der Waals surface area contributed by atoms with Crippen LogP contribution in [0.3, 0.4) is 0 Å². The molecular weight excluding hydrogens is 314 g/mol. The summed E-state index contributed by atoms with van der Waals surface area (Å²) < 4.78 is 16.0. The van der Waals surface area contributed by atoms with Crippen LogP contribution >= 0.6 is 0 Å². The highest BCUT2D eigenvalue weighted by Gasteiger charge is 2.46. The van der Waals surface area contributed by atoms with Crippen molar-refractivity contribution in [2.24, 2.45) is 5.41 Å². The normalized spacial score (nSPS) is 20.0. The Morgan fingerprint density at radius 1 is 1.25 bits per heavy atom. The Hall–Kier alpha value is -2.28. The average molecular weight is 337 g/mol. The van der Waals surface area contributed by atoms with E-state index in [9.17, 15) is 14.7 Å². The van der Waals surface area contributed by atoms with Crippen molar-refractivity contribution >= 4 is 11.9 Å². The molecule has 0 spiro atoms. The van der Waals surface area contributed by atoms with Crippen LogP contribution in [0.5, 0.6) is 11.5 Å². The standard InChI is InChI=1S/C17H23NO6/c1-3-23-13-6-4-5-7-14(13)24-10-15(19)18-9-8-17(11-18,12-22-2)16(20)21/h4-7H,3,8-12H2,1-2H3,(H,20,21). The van der Waals surface area contributed by atoms with E-state index >= 15 is 0 Å². The Labute approximate surface area is 141 Å². The lowest BCUT2D eigenvalue weighted by Gasteiger charge is -2.23. The van der Waals surface area contributed by atoms with Gasteiger partial charge in [-0.3, -0.25) is 9.59 Å². The first-order chi connectivity index (χ1) is 11.5. The van der Waals surface area contributed by atoms with Crippen LogP contribution in [0.4, 0.5) is 0 Å². The maximum Gasteiger partial charge on any atom is 0.313 e. The molecule has 1 unspecified atom stereocenters. The average Bonchev–Trinajstić information content (AvgIpc) is 3.00. The van der Waals surface area contributed by atoms with Crippen LogP contribution in [0.1, 0.15) is 13.3 Å². The van der Waals surface area contributed by atoms with Crippen LogP contribution in [-0.2, 0) is 14.3 Å². The van der Waals surface area contributed by atoms with Gasteiger partial charge in [0.2, 0.25) is 0 Å². The number of nitrogens with zero attached hydrogens (tertiary/aromatic N) is 1. The second kappa shape index (κ2) is 8.01. The number of carbonyl (C=O) groups is 2. The van der Waals surface area contributed by atoms with E-state index in [4.69, 9.17) is 14.2 Å². The number of carboxylic acid groups (broad SMARTS) is 1. The van der Waals surface area contributed by atoms with Crippen LogP contribution < -0.4 is 9.47 Å². The molecule has 132 valence electrons. The molecule has 24 heavy (non-hydrogen) atoms. The monoisotopic (exact) mass is 337 g/mol. The lowest BCUT2D eigenvalue weighted by atomic mass is 9.88. The van der Waals surface area contributed by atoms with Crippen molar-refractivity contribution in [2.45, 2.75) is 13.3 Å². The molecule has 1 atom stereocenters. The summed E-state index contributed by atoms with van der Waals surface area (Å²) in [4.78, 5) is 25.4. The van der Waals surface area contributed by atoms with Crippen molar-refractivity contribution in [3.05, 3.63) is 24.3 Å². The van der Waals surface area contributed by atoms with Gasteiger partial charge < -0.3 is 24.2 Å². The lowest BCUT2D eigenvalue weighted by Crippen LogP contribution is -2.41. The zero-order valence-corrected chi connectivity index (χ0v) is 14.0. The van der Waals surface area contributed by atoms with Crippen molar-refractivity contribution in [3.63, 3.8) is 0 Å². The molecule has 1 N–H and O–H groups in total. The number of methoxy groups -OCH3 is 1. The third-order valence-corrected chi connectivity index (χ3v) is 4.08. The van der Waals surface area contributed by atoms with Gasteiger partial charge >= 0.3 is 5.97 Å². The van der Waals surface area contributed by atoms with Crippen LogP contribution in [-0.4, -0.2) is 61.9 Å². The Kier molecular flexibility index (Phi) is 6.03. The highest BCUT2D eigenvalue weighted by molar-refractivity contribution is 5.81. The van der Waals surface area contributed by atoms with Gasteiger partial charge in [-0.25, -0.2) is 0 Å². The van der Waals surface area contributed by atoms with E-state index in [-0.39, 0.29) is 25.7 Å². The van der Waals surface area contributed by atoms with Crippen LogP contribution in [0.15, 0.2) is 24.3 Å². The van der Waals surface area contributed by atoms with E-state index in [1.165, 1.54) is 12.0 Å². The number of ether oxygens (including phenoxy) is 3. The van der Waals surface area contributed by atoms with Gasteiger partial charge in [0.25, 0.3) is 5.91 Å². The van der Waals surface area contributed by atoms with Gasteiger partial charge in [0.05, 0.1) is 13.2 Å². The van der Waals surface area contributed by atoms with E-state index < -0.39 is 11.4 Å². The number of amides is 1. The maximum absolute atomic E-state index is 12.3. The molecule has 7 heteroatoms. The van der Waals surface area contributed by atoms with Gasteiger partial charge in [0.15, 0.2) is 18.1 Å². The van der Waals surface area contributed by atoms with Crippen molar-refractivity contribution in [2.75, 3.05) is 40.0 Å². The molecule has 1 aliphatic rings. The van der Waals surface area contributed by atoms with E-state index in [1.54, 1.807) is 18.2 Å². The van der Waals surface area contributed by atoms with E-state index in [0.717, 1.165) is 0 Å². The summed E-state index contributed by atoms with van der Waals surface area (Å²) in [6.45, 7) is 2.80. The van der Waals surface area contributed by atoms with Gasteiger partial charge in [0.1, 0.15) is 5.41 Å². The van der Waals surface area contributed by atoms with Crippen molar-refractivity contribution in [1.82, 2.24) is 4.90 Å². The first kappa shape index (κ1) is 18.1. The minimum atomic E-state index is -1.03. The summed E-state index contributed by atoms with van der Waals surface area (Å²) in [5.41, 5.74) is -1.03. The number of likely N-dealkylation sites (tertiary alicyclic amines) is 1. The third kappa shape index (κ3) is 3.97. The lowest BCUT2D eigenvalue weighted by molar-refractivity contribution is -0.151. The van der Waals surface area contributed by atoms with Gasteiger partial charge in [-0.1, -0.05) is 12.1 Å². The molecule has 0 aromatic heterocycles. The summed E-state index contributed by atoms with van der Waals surface area (Å²) in [7, 11) is 1.46. The SMILES string of the molecule is CCOc1ccccc1OCC(=O)N1CCC(COC)(C(=O)O)C1. The van der Waals surface area contributed by atoms with Crippen LogP contribution in [0, 0.1) is 5.41 Å². The van der Waals surface area contributed by atoms with E-state index in [1.807, 2.05) is 13.0 Å². The number of aliphatic carboxylic acids is 1. The minimum Gasteiger partial charge on any atom is -0.490 e. The van der Waals surface area contributed by atoms with E-state index in [2.05, 4.69) is 0 Å². The number of rotatable bonds is 8. The first-order valence-electron chi connectivity index (χ1n) is 7.87. The molecule has 1 aromatic rings. The van der Waals surface area contributed by atoms with Gasteiger partial charge in [0, 0.05) is 20.2 Å². The molecule has 1 heterocycles. The predicted molar refractivity (Wildman–Crippen MR) is 86.2 cm³/mol. The first-order valence-corrected chi connectivity index (χ1v) is 7.87. The molecule has 0 aliphatic carbocycles. The van der Waals surface area contributed by atoms with Gasteiger partial charge in [-0.15, -0.1) is 0 Å². The number of carboxylic acids is 1. The summed E-state index contributed by atoms with van der Waals surface area (Å²) in [6, 6.07) is 7.13. The largest absolute Gasteiger partial charge is 0.490 e. The number of carbonyl (C=O) groups excluding carboxylic acids is 1. The van der Waals surface area contributed by atoms with Crippen molar-refractivity contribution in [3.8, 4) is 11.5 Å². The Morgan fingerprint density at radius 2 is 1.92 bits per heavy atom. The summed E-state index contributed by atoms with van der Waals surface area (Å²) in [6.07, 6.45) is 0.372. The second-order valence-electron chi connectivity index (χ2n) is 5.75.